The molecule has 9 heteroatoms. The molecule has 0 atom stereocenters. The Morgan fingerprint density at radius 3 is 2.44 bits per heavy atom. The first kappa shape index (κ1) is 6.97. The van der Waals surface area contributed by atoms with Crippen molar-refractivity contribution < 1.29 is 18.3 Å². The molecule has 1 aromatic rings. The van der Waals surface area contributed by atoms with Crippen molar-refractivity contribution in [3.63, 3.8) is 0 Å². The molecule has 0 saturated heterocycles. The van der Waals surface area contributed by atoms with E-state index < -0.39 is 7.82 Å². The summed E-state index contributed by atoms with van der Waals surface area (Å²) < 4.78 is 15.0. The molecule has 1 aromatic heterocycles. The first-order valence-corrected chi connectivity index (χ1v) is 4.04. The molecule has 0 unspecified atom stereocenters. The fraction of sp³-hybridized carbons (Fsp3) is 0. The molecule has 0 aliphatic carbocycles. The van der Waals surface area contributed by atoms with Gasteiger partial charge in [0.1, 0.15) is 0 Å². The van der Waals surface area contributed by atoms with Crippen LogP contribution in [-0.4, -0.2) is 24.4 Å². The van der Waals surface area contributed by atoms with E-state index in [1.54, 1.807) is 0 Å². The number of nitrogens with zero attached hydrogens (tertiary/aromatic N) is 1. The van der Waals surface area contributed by atoms with Crippen molar-refractivity contribution in [1.82, 2.24) is 14.6 Å². The molecule has 7 nitrogen and oxygen atoms in total. The Bertz CT molecular complexity index is 194. The van der Waals surface area contributed by atoms with Crippen LogP contribution in [0.4, 0.5) is 0 Å². The molecule has 1 rings (SSSR count). The van der Waals surface area contributed by atoms with Crippen LogP contribution in [0.1, 0.15) is 0 Å². The lowest BCUT2D eigenvalue weighted by Crippen LogP contribution is -1.79. The summed E-state index contributed by atoms with van der Waals surface area (Å²) >= 11 is 0.497. The van der Waals surface area contributed by atoms with Crippen molar-refractivity contribution in [2.24, 2.45) is 0 Å². The van der Waals surface area contributed by atoms with Gasteiger partial charge in [0.2, 0.25) is 0 Å². The van der Waals surface area contributed by atoms with Crippen molar-refractivity contribution >= 4 is 20.1 Å². The Morgan fingerprint density at radius 1 is 1.56 bits per heavy atom. The zero-order valence-electron chi connectivity index (χ0n) is 4.01. The molecule has 0 spiro atoms. The van der Waals surface area contributed by atoms with Crippen LogP contribution in [0.25, 0.3) is 0 Å². The van der Waals surface area contributed by atoms with Crippen molar-refractivity contribution in [2.75, 3.05) is 0 Å². The topological polar surface area (TPSA) is 103 Å². The van der Waals surface area contributed by atoms with Crippen LogP contribution in [0.2, 0.25) is 0 Å². The molecule has 0 bridgehead atoms. The van der Waals surface area contributed by atoms with Gasteiger partial charge in [-0.2, -0.15) is 14.4 Å². The van der Waals surface area contributed by atoms with Gasteiger partial charge in [-0.3, -0.25) is 0 Å². The van der Waals surface area contributed by atoms with Crippen LogP contribution in [0.5, 0.6) is 0 Å². The quantitative estimate of drug-likeness (QED) is 0.370. The van der Waals surface area contributed by atoms with Crippen LogP contribution >= 0.6 is 20.1 Å². The zero-order chi connectivity index (χ0) is 6.91. The number of rotatable bonds is 3. The van der Waals surface area contributed by atoms with Crippen molar-refractivity contribution in [3.8, 4) is 0 Å². The van der Waals surface area contributed by atoms with E-state index in [1.165, 1.54) is 4.20 Å². The minimum Gasteiger partial charge on any atom is -0.302 e. The first-order valence-electron chi connectivity index (χ1n) is 1.81. The SMILES string of the molecule is O=P(O)(O)OSn1[nH][nH]1. The summed E-state index contributed by atoms with van der Waals surface area (Å²) in [5, 5.41) is 4.77. The van der Waals surface area contributed by atoms with Gasteiger partial charge in [0, 0.05) is 0 Å². The van der Waals surface area contributed by atoms with Gasteiger partial charge in [0.15, 0.2) is 12.2 Å². The second-order valence-electron chi connectivity index (χ2n) is 1.16. The normalized spacial score (nSPS) is 12.7. The van der Waals surface area contributed by atoms with E-state index in [1.807, 2.05) is 0 Å². The lowest BCUT2D eigenvalue weighted by atomic mass is 13.2. The molecule has 0 fully saturated rings. The third-order valence-electron chi connectivity index (χ3n) is 0.408. The highest BCUT2D eigenvalue weighted by Gasteiger charge is 2.16. The molecule has 0 aliphatic heterocycles. The molecule has 0 amide bonds. The third kappa shape index (κ3) is 3.44. The van der Waals surface area contributed by atoms with Gasteiger partial charge in [0.25, 0.3) is 0 Å². The highest BCUT2D eigenvalue weighted by atomic mass is 32.2. The van der Waals surface area contributed by atoms with Crippen LogP contribution < -0.4 is 0 Å². The van der Waals surface area contributed by atoms with E-state index >= 15 is 0 Å². The summed E-state index contributed by atoms with van der Waals surface area (Å²) in [5.41, 5.74) is 0. The predicted molar refractivity (Wildman–Crippen MR) is 29.3 cm³/mol. The van der Waals surface area contributed by atoms with Crippen LogP contribution in [-0.2, 0) is 8.54 Å². The average molecular weight is 173 g/mol. The van der Waals surface area contributed by atoms with Gasteiger partial charge in [0.05, 0.1) is 0 Å². The molecule has 54 valence electrons. The molecule has 0 radical (unpaired) electrons. The van der Waals surface area contributed by atoms with E-state index in [0.29, 0.717) is 12.2 Å². The Morgan fingerprint density at radius 2 is 2.11 bits per heavy atom. The Hall–Kier alpha value is -0.140. The van der Waals surface area contributed by atoms with Crippen LogP contribution in [0, 0.1) is 0 Å². The smallest absolute Gasteiger partial charge is 0.302 e. The van der Waals surface area contributed by atoms with Gasteiger partial charge in [-0.05, 0) is 0 Å². The number of aromatic nitrogens is 3. The lowest BCUT2D eigenvalue weighted by molar-refractivity contribution is 0.298. The second-order valence-corrected chi connectivity index (χ2v) is 3.25. The molecule has 9 heavy (non-hydrogen) atoms. The standard InChI is InChI=1S/H4N3O4PS/c4-8(5,6)7-9-3-1-2-3/h1-2H,(H2,4,5,6). The summed E-state index contributed by atoms with van der Waals surface area (Å²) in [6.45, 7) is 0. The Kier molecular flexibility index (Phi) is 1.73. The summed E-state index contributed by atoms with van der Waals surface area (Å²) in [6.07, 6.45) is 0. The van der Waals surface area contributed by atoms with Gasteiger partial charge < -0.3 is 9.79 Å². The fourth-order valence-corrected chi connectivity index (χ4v) is 0.864. The Labute approximate surface area is 53.9 Å². The zero-order valence-corrected chi connectivity index (χ0v) is 5.72. The van der Waals surface area contributed by atoms with Gasteiger partial charge >= 0.3 is 7.82 Å². The van der Waals surface area contributed by atoms with Crippen molar-refractivity contribution in [2.45, 2.75) is 0 Å². The minimum atomic E-state index is -4.34. The second kappa shape index (κ2) is 2.24. The molecule has 0 aromatic carbocycles. The summed E-state index contributed by atoms with van der Waals surface area (Å²) in [7, 11) is -4.34. The Balaban J connectivity index is 2.21. The molecule has 1 heterocycles. The molecular formula is H4N3O4PS. The van der Waals surface area contributed by atoms with Crippen LogP contribution in [0.3, 0.4) is 0 Å². The number of nitrogens with one attached hydrogen (secondary N) is 2. The summed E-state index contributed by atoms with van der Waals surface area (Å²) in [6, 6.07) is 0. The first-order chi connectivity index (χ1) is 4.08. The molecular weight excluding hydrogens is 169 g/mol. The van der Waals surface area contributed by atoms with Crippen molar-refractivity contribution in [3.05, 3.63) is 0 Å². The van der Waals surface area contributed by atoms with Crippen LogP contribution in [0.15, 0.2) is 0 Å². The predicted octanol–water partition coefficient (Wildman–Crippen LogP) is -0.335. The molecule has 4 N–H and O–H groups in total. The van der Waals surface area contributed by atoms with E-state index in [-0.39, 0.29) is 0 Å². The third-order valence-corrected chi connectivity index (χ3v) is 1.78. The molecule has 0 aliphatic rings. The fourth-order valence-electron chi connectivity index (χ4n) is 0.134. The summed E-state index contributed by atoms with van der Waals surface area (Å²) in [5.74, 6) is 0. The maximum absolute atomic E-state index is 9.93. The summed E-state index contributed by atoms with van der Waals surface area (Å²) in [4.78, 5) is 16.2. The molecule has 0 saturated carbocycles. The maximum Gasteiger partial charge on any atom is 0.482 e. The number of hydrogen-bond acceptors (Lipinski definition) is 3. The number of hydrogen-bond donors (Lipinski definition) is 4. The van der Waals surface area contributed by atoms with Gasteiger partial charge in [-0.25, -0.2) is 4.57 Å². The lowest BCUT2D eigenvalue weighted by Gasteiger charge is -1.96. The average Bonchev–Trinajstić information content (AvgIpc) is 2.38. The highest BCUT2D eigenvalue weighted by Crippen LogP contribution is 2.40. The minimum absolute atomic E-state index is 0.497. The van der Waals surface area contributed by atoms with E-state index in [4.69, 9.17) is 9.79 Å². The maximum atomic E-state index is 9.93. The van der Waals surface area contributed by atoms with E-state index in [9.17, 15) is 4.57 Å². The monoisotopic (exact) mass is 173 g/mol. The highest BCUT2D eigenvalue weighted by molar-refractivity contribution is 7.96. The number of phosphoric acid groups is 1. The van der Waals surface area contributed by atoms with Crippen molar-refractivity contribution in [1.29, 1.82) is 0 Å². The van der Waals surface area contributed by atoms with E-state index in [2.05, 4.69) is 14.4 Å². The number of aromatic amines is 2. The van der Waals surface area contributed by atoms with Gasteiger partial charge in [-0.1, -0.05) is 0 Å². The largest absolute Gasteiger partial charge is 0.482 e. The van der Waals surface area contributed by atoms with E-state index in [0.717, 1.165) is 0 Å². The number of H-pyrrole nitrogens is 2. The van der Waals surface area contributed by atoms with Gasteiger partial charge in [-0.15, -0.1) is 4.20 Å².